The Kier molecular flexibility index (Phi) is 5.69. The van der Waals surface area contributed by atoms with Gasteiger partial charge in [0, 0.05) is 18.0 Å². The summed E-state index contributed by atoms with van der Waals surface area (Å²) in [4.78, 5) is 16.0. The molecule has 1 heterocycles. The van der Waals surface area contributed by atoms with Crippen molar-refractivity contribution >= 4 is 38.7 Å². The molecule has 1 unspecified atom stereocenters. The standard InChI is InChI=1S/C14H12BrNO.BrH/c1-10-5-2-3-7-12(10)14(17)13(15)11-6-4-8-16-9-11;/h2-9,13H,1H3;1H. The van der Waals surface area contributed by atoms with Crippen LogP contribution in [0.25, 0.3) is 0 Å². The lowest BCUT2D eigenvalue weighted by atomic mass is 10.00. The van der Waals surface area contributed by atoms with E-state index in [0.717, 1.165) is 16.7 Å². The molecule has 0 radical (unpaired) electrons. The van der Waals surface area contributed by atoms with Crippen molar-refractivity contribution in [3.63, 3.8) is 0 Å². The SMILES string of the molecule is Br.Cc1ccccc1C(=O)C(Br)c1cccnc1. The molecule has 0 aliphatic rings. The van der Waals surface area contributed by atoms with Gasteiger partial charge in [0.05, 0.1) is 0 Å². The van der Waals surface area contributed by atoms with Crippen molar-refractivity contribution in [2.75, 3.05) is 0 Å². The minimum absolute atomic E-state index is 0. The van der Waals surface area contributed by atoms with E-state index in [-0.39, 0.29) is 27.6 Å². The number of nitrogens with zero attached hydrogens (tertiary/aromatic N) is 1. The number of alkyl halides is 1. The molecule has 0 N–H and O–H groups in total. The predicted molar refractivity (Wildman–Crippen MR) is 81.7 cm³/mol. The molecule has 94 valence electrons. The first kappa shape index (κ1) is 15.1. The van der Waals surface area contributed by atoms with Crippen LogP contribution in [0.5, 0.6) is 0 Å². The van der Waals surface area contributed by atoms with Gasteiger partial charge < -0.3 is 0 Å². The summed E-state index contributed by atoms with van der Waals surface area (Å²) >= 11 is 3.43. The Morgan fingerprint density at radius 3 is 2.56 bits per heavy atom. The minimum atomic E-state index is -0.336. The van der Waals surface area contributed by atoms with E-state index in [1.165, 1.54) is 0 Å². The van der Waals surface area contributed by atoms with E-state index in [1.807, 2.05) is 43.3 Å². The summed E-state index contributed by atoms with van der Waals surface area (Å²) in [5, 5.41) is 0. The van der Waals surface area contributed by atoms with Crippen LogP contribution in [0.3, 0.4) is 0 Å². The largest absolute Gasteiger partial charge is 0.293 e. The summed E-state index contributed by atoms with van der Waals surface area (Å²) in [6, 6.07) is 11.3. The Bertz CT molecular complexity index is 528. The highest BCUT2D eigenvalue weighted by Crippen LogP contribution is 2.27. The van der Waals surface area contributed by atoms with E-state index in [0.29, 0.717) is 0 Å². The topological polar surface area (TPSA) is 30.0 Å². The average molecular weight is 371 g/mol. The van der Waals surface area contributed by atoms with E-state index in [1.54, 1.807) is 12.4 Å². The molecule has 0 amide bonds. The zero-order valence-corrected chi connectivity index (χ0v) is 13.1. The Labute approximate surface area is 125 Å². The van der Waals surface area contributed by atoms with Gasteiger partial charge in [-0.3, -0.25) is 9.78 Å². The highest BCUT2D eigenvalue weighted by atomic mass is 79.9. The molecule has 2 aromatic rings. The molecule has 0 fully saturated rings. The van der Waals surface area contributed by atoms with Gasteiger partial charge in [0.2, 0.25) is 0 Å². The first-order chi connectivity index (χ1) is 8.20. The lowest BCUT2D eigenvalue weighted by Gasteiger charge is -2.10. The van der Waals surface area contributed by atoms with E-state index in [2.05, 4.69) is 20.9 Å². The number of aromatic nitrogens is 1. The van der Waals surface area contributed by atoms with Crippen LogP contribution in [-0.2, 0) is 0 Å². The van der Waals surface area contributed by atoms with Gasteiger partial charge in [-0.25, -0.2) is 0 Å². The van der Waals surface area contributed by atoms with Crippen molar-refractivity contribution in [2.24, 2.45) is 0 Å². The fourth-order valence-corrected chi connectivity index (χ4v) is 2.18. The van der Waals surface area contributed by atoms with E-state index < -0.39 is 0 Å². The highest BCUT2D eigenvalue weighted by molar-refractivity contribution is 9.09. The van der Waals surface area contributed by atoms with Crippen LogP contribution in [0.1, 0.15) is 26.3 Å². The molecule has 0 bridgehead atoms. The molecule has 18 heavy (non-hydrogen) atoms. The maximum atomic E-state index is 12.3. The van der Waals surface area contributed by atoms with Crippen molar-refractivity contribution in [1.82, 2.24) is 4.98 Å². The van der Waals surface area contributed by atoms with Gasteiger partial charge in [0.25, 0.3) is 0 Å². The fraction of sp³-hybridized carbons (Fsp3) is 0.143. The lowest BCUT2D eigenvalue weighted by molar-refractivity contribution is 0.0991. The van der Waals surface area contributed by atoms with Gasteiger partial charge in [-0.2, -0.15) is 0 Å². The molecular formula is C14H13Br2NO. The zero-order valence-electron chi connectivity index (χ0n) is 9.84. The number of Topliss-reactive ketones (excluding diaryl/α,β-unsaturated/α-hetero) is 1. The number of benzene rings is 1. The molecule has 1 aromatic heterocycles. The maximum absolute atomic E-state index is 12.3. The molecular weight excluding hydrogens is 358 g/mol. The summed E-state index contributed by atoms with van der Waals surface area (Å²) < 4.78 is 0. The first-order valence-corrected chi connectivity index (χ1v) is 6.25. The predicted octanol–water partition coefficient (Wildman–Crippen LogP) is 4.29. The third kappa shape index (κ3) is 3.27. The number of hydrogen-bond acceptors (Lipinski definition) is 2. The molecule has 0 aliphatic carbocycles. The second kappa shape index (κ2) is 6.81. The number of pyridine rings is 1. The Hall–Kier alpha value is -1.00. The lowest BCUT2D eigenvalue weighted by Crippen LogP contribution is -2.08. The van der Waals surface area contributed by atoms with Crippen LogP contribution in [0.15, 0.2) is 48.8 Å². The summed E-state index contributed by atoms with van der Waals surface area (Å²) in [7, 11) is 0. The zero-order chi connectivity index (χ0) is 12.3. The van der Waals surface area contributed by atoms with Crippen LogP contribution in [0.4, 0.5) is 0 Å². The number of rotatable bonds is 3. The van der Waals surface area contributed by atoms with Crippen LogP contribution in [-0.4, -0.2) is 10.8 Å². The third-order valence-electron chi connectivity index (χ3n) is 2.62. The number of aryl methyl sites for hydroxylation is 1. The molecule has 1 aromatic carbocycles. The van der Waals surface area contributed by atoms with E-state index in [9.17, 15) is 4.79 Å². The van der Waals surface area contributed by atoms with Gasteiger partial charge in [0.1, 0.15) is 4.83 Å². The van der Waals surface area contributed by atoms with Crippen molar-refractivity contribution < 1.29 is 4.79 Å². The summed E-state index contributed by atoms with van der Waals surface area (Å²) in [5.74, 6) is 0.0658. The molecule has 0 spiro atoms. The minimum Gasteiger partial charge on any atom is -0.293 e. The summed E-state index contributed by atoms with van der Waals surface area (Å²) in [6.45, 7) is 1.94. The monoisotopic (exact) mass is 369 g/mol. The Morgan fingerprint density at radius 2 is 1.94 bits per heavy atom. The molecule has 1 atom stereocenters. The maximum Gasteiger partial charge on any atom is 0.181 e. The normalized spacial score (nSPS) is 11.4. The van der Waals surface area contributed by atoms with Crippen LogP contribution in [0, 0.1) is 6.92 Å². The number of carbonyl (C=O) groups is 1. The average Bonchev–Trinajstić information content (AvgIpc) is 2.39. The second-order valence-electron chi connectivity index (χ2n) is 3.83. The summed E-state index contributed by atoms with van der Waals surface area (Å²) in [5.41, 5.74) is 2.62. The van der Waals surface area contributed by atoms with Crippen LogP contribution in [0.2, 0.25) is 0 Å². The number of halogens is 2. The smallest absolute Gasteiger partial charge is 0.181 e. The van der Waals surface area contributed by atoms with Gasteiger partial charge in [-0.1, -0.05) is 46.3 Å². The van der Waals surface area contributed by atoms with Gasteiger partial charge in [-0.05, 0) is 24.1 Å². The van der Waals surface area contributed by atoms with Crippen molar-refractivity contribution in [1.29, 1.82) is 0 Å². The quantitative estimate of drug-likeness (QED) is 0.596. The third-order valence-corrected chi connectivity index (χ3v) is 3.56. The summed E-state index contributed by atoms with van der Waals surface area (Å²) in [6.07, 6.45) is 3.40. The van der Waals surface area contributed by atoms with Gasteiger partial charge in [0.15, 0.2) is 5.78 Å². The van der Waals surface area contributed by atoms with Crippen molar-refractivity contribution in [3.8, 4) is 0 Å². The molecule has 0 saturated heterocycles. The van der Waals surface area contributed by atoms with E-state index in [4.69, 9.17) is 0 Å². The Morgan fingerprint density at radius 1 is 1.22 bits per heavy atom. The fourth-order valence-electron chi connectivity index (χ4n) is 1.66. The van der Waals surface area contributed by atoms with Crippen LogP contribution < -0.4 is 0 Å². The van der Waals surface area contributed by atoms with Crippen molar-refractivity contribution in [2.45, 2.75) is 11.8 Å². The molecule has 0 saturated carbocycles. The highest BCUT2D eigenvalue weighted by Gasteiger charge is 2.20. The van der Waals surface area contributed by atoms with Gasteiger partial charge >= 0.3 is 0 Å². The number of ketones is 1. The first-order valence-electron chi connectivity index (χ1n) is 5.34. The Balaban J connectivity index is 0.00000162. The van der Waals surface area contributed by atoms with Gasteiger partial charge in [-0.15, -0.1) is 17.0 Å². The van der Waals surface area contributed by atoms with E-state index >= 15 is 0 Å². The molecule has 0 aliphatic heterocycles. The van der Waals surface area contributed by atoms with Crippen molar-refractivity contribution in [3.05, 3.63) is 65.5 Å². The number of hydrogen-bond donors (Lipinski definition) is 0. The molecule has 2 nitrogen and oxygen atoms in total. The second-order valence-corrected chi connectivity index (χ2v) is 4.74. The van der Waals surface area contributed by atoms with Crippen LogP contribution >= 0.6 is 32.9 Å². The number of carbonyl (C=O) groups excluding carboxylic acids is 1. The molecule has 4 heteroatoms. The molecule has 2 rings (SSSR count).